The highest BCUT2D eigenvalue weighted by molar-refractivity contribution is 7.99. The number of carbonyl (C=O) groups excluding carboxylic acids is 1. The molecule has 0 aliphatic carbocycles. The number of aromatic nitrogens is 2. The predicted octanol–water partition coefficient (Wildman–Crippen LogP) is 2.78. The molecule has 2 aromatic carbocycles. The van der Waals surface area contributed by atoms with Crippen molar-refractivity contribution in [1.82, 2.24) is 14.9 Å². The molecule has 5 nitrogen and oxygen atoms in total. The summed E-state index contributed by atoms with van der Waals surface area (Å²) in [5.74, 6) is -0.472. The lowest BCUT2D eigenvalue weighted by Crippen LogP contribution is -2.26. The van der Waals surface area contributed by atoms with Crippen LogP contribution in [-0.2, 0) is 11.3 Å². The molecule has 1 amide bonds. The third-order valence-corrected chi connectivity index (χ3v) is 4.55. The van der Waals surface area contributed by atoms with Crippen molar-refractivity contribution in [2.75, 3.05) is 5.75 Å². The van der Waals surface area contributed by atoms with Crippen LogP contribution in [0.15, 0.2) is 76.8 Å². The van der Waals surface area contributed by atoms with Gasteiger partial charge in [-0.25, -0.2) is 9.37 Å². The van der Waals surface area contributed by atoms with Crippen LogP contribution in [0.25, 0.3) is 5.69 Å². The lowest BCUT2D eigenvalue weighted by atomic mass is 10.2. The van der Waals surface area contributed by atoms with Crippen molar-refractivity contribution < 1.29 is 9.18 Å². The molecule has 0 unspecified atom stereocenters. The fourth-order valence-electron chi connectivity index (χ4n) is 2.28. The van der Waals surface area contributed by atoms with Crippen molar-refractivity contribution in [3.63, 3.8) is 0 Å². The molecule has 0 spiro atoms. The third kappa shape index (κ3) is 4.58. The smallest absolute Gasteiger partial charge is 0.287 e. The highest BCUT2D eigenvalue weighted by Gasteiger charge is 2.10. The van der Waals surface area contributed by atoms with Gasteiger partial charge in [0.15, 0.2) is 5.03 Å². The molecule has 1 heterocycles. The van der Waals surface area contributed by atoms with E-state index in [1.807, 2.05) is 30.3 Å². The highest BCUT2D eigenvalue weighted by Crippen LogP contribution is 2.12. The van der Waals surface area contributed by atoms with E-state index < -0.39 is 0 Å². The molecular weight excluding hydrogens is 353 g/mol. The van der Waals surface area contributed by atoms with Crippen molar-refractivity contribution in [2.24, 2.45) is 0 Å². The van der Waals surface area contributed by atoms with Gasteiger partial charge in [0.2, 0.25) is 5.91 Å². The molecule has 1 N–H and O–H groups in total. The zero-order valence-electron chi connectivity index (χ0n) is 13.8. The van der Waals surface area contributed by atoms with E-state index in [0.717, 1.165) is 17.3 Å². The Morgan fingerprint density at radius 2 is 1.85 bits per heavy atom. The molecule has 0 aliphatic rings. The Bertz CT molecular complexity index is 943. The molecule has 7 heteroatoms. The molecule has 26 heavy (non-hydrogen) atoms. The summed E-state index contributed by atoms with van der Waals surface area (Å²) in [6.07, 6.45) is 2.99. The lowest BCUT2D eigenvalue weighted by Gasteiger charge is -2.08. The number of halogens is 1. The summed E-state index contributed by atoms with van der Waals surface area (Å²) < 4.78 is 14.4. The van der Waals surface area contributed by atoms with Gasteiger partial charge in [0.05, 0.1) is 5.75 Å². The minimum atomic E-state index is -0.374. The zero-order chi connectivity index (χ0) is 18.4. The van der Waals surface area contributed by atoms with Gasteiger partial charge in [-0.15, -0.1) is 0 Å². The SMILES string of the molecule is O=C(CSc1nccn(-c2ccc(F)cc2)c1=O)NCc1ccccc1. The Morgan fingerprint density at radius 3 is 2.58 bits per heavy atom. The van der Waals surface area contributed by atoms with Crippen LogP contribution >= 0.6 is 11.8 Å². The summed E-state index contributed by atoms with van der Waals surface area (Å²) in [4.78, 5) is 28.5. The minimum Gasteiger partial charge on any atom is -0.351 e. The van der Waals surface area contributed by atoms with Gasteiger partial charge in [-0.2, -0.15) is 0 Å². The Hall–Kier alpha value is -2.93. The zero-order valence-corrected chi connectivity index (χ0v) is 14.6. The van der Waals surface area contributed by atoms with Gasteiger partial charge in [0.25, 0.3) is 5.56 Å². The maximum absolute atomic E-state index is 13.0. The molecule has 0 atom stereocenters. The fourth-order valence-corrected chi connectivity index (χ4v) is 3.01. The summed E-state index contributed by atoms with van der Waals surface area (Å²) in [5.41, 5.74) is 1.19. The van der Waals surface area contributed by atoms with E-state index in [1.54, 1.807) is 0 Å². The number of thioether (sulfide) groups is 1. The number of benzene rings is 2. The molecule has 3 aromatic rings. The number of amides is 1. The van der Waals surface area contributed by atoms with Crippen molar-refractivity contribution in [2.45, 2.75) is 11.6 Å². The molecule has 0 saturated carbocycles. The van der Waals surface area contributed by atoms with Gasteiger partial charge in [-0.1, -0.05) is 42.1 Å². The van der Waals surface area contributed by atoms with E-state index >= 15 is 0 Å². The minimum absolute atomic E-state index is 0.0858. The summed E-state index contributed by atoms with van der Waals surface area (Å²) in [6.45, 7) is 0.433. The Kier molecular flexibility index (Phi) is 5.80. The van der Waals surface area contributed by atoms with Crippen molar-refractivity contribution in [3.8, 4) is 5.69 Å². The van der Waals surface area contributed by atoms with Crippen LogP contribution in [0.5, 0.6) is 0 Å². The summed E-state index contributed by atoms with van der Waals surface area (Å²) in [5, 5.41) is 3.02. The first kappa shape index (κ1) is 17.9. The Labute approximate surface area is 153 Å². The second-order valence-electron chi connectivity index (χ2n) is 5.43. The van der Waals surface area contributed by atoms with E-state index in [4.69, 9.17) is 0 Å². The maximum Gasteiger partial charge on any atom is 0.287 e. The van der Waals surface area contributed by atoms with E-state index in [-0.39, 0.29) is 28.1 Å². The van der Waals surface area contributed by atoms with E-state index in [0.29, 0.717) is 12.2 Å². The largest absolute Gasteiger partial charge is 0.351 e. The molecule has 0 saturated heterocycles. The van der Waals surface area contributed by atoms with E-state index in [2.05, 4.69) is 10.3 Å². The number of nitrogens with zero attached hydrogens (tertiary/aromatic N) is 2. The summed E-state index contributed by atoms with van der Waals surface area (Å²) in [7, 11) is 0. The molecule has 3 rings (SSSR count). The summed E-state index contributed by atoms with van der Waals surface area (Å²) in [6, 6.07) is 15.2. The number of hydrogen-bond acceptors (Lipinski definition) is 4. The van der Waals surface area contributed by atoms with Gasteiger partial charge >= 0.3 is 0 Å². The Balaban J connectivity index is 1.63. The second kappa shape index (κ2) is 8.44. The average Bonchev–Trinajstić information content (AvgIpc) is 2.67. The van der Waals surface area contributed by atoms with Crippen LogP contribution in [0.2, 0.25) is 0 Å². The first-order valence-corrected chi connectivity index (χ1v) is 8.89. The van der Waals surface area contributed by atoms with Gasteiger partial charge < -0.3 is 5.32 Å². The molecule has 0 radical (unpaired) electrons. The first-order valence-electron chi connectivity index (χ1n) is 7.90. The van der Waals surface area contributed by atoms with Gasteiger partial charge in [0, 0.05) is 24.6 Å². The Morgan fingerprint density at radius 1 is 1.12 bits per heavy atom. The lowest BCUT2D eigenvalue weighted by molar-refractivity contribution is -0.118. The molecular formula is C19H16FN3O2S. The molecule has 0 bridgehead atoms. The number of carbonyl (C=O) groups is 1. The van der Waals surface area contributed by atoms with Crippen LogP contribution < -0.4 is 10.9 Å². The van der Waals surface area contributed by atoms with Crippen molar-refractivity contribution in [1.29, 1.82) is 0 Å². The third-order valence-electron chi connectivity index (χ3n) is 3.59. The molecule has 1 aromatic heterocycles. The summed E-state index contributed by atoms with van der Waals surface area (Å²) >= 11 is 1.07. The van der Waals surface area contributed by atoms with E-state index in [9.17, 15) is 14.0 Å². The number of hydrogen-bond donors (Lipinski definition) is 1. The van der Waals surface area contributed by atoms with Gasteiger partial charge in [-0.3, -0.25) is 14.2 Å². The fraction of sp³-hybridized carbons (Fsp3) is 0.105. The molecule has 0 aliphatic heterocycles. The van der Waals surface area contributed by atoms with Crippen LogP contribution in [0.3, 0.4) is 0 Å². The molecule has 0 fully saturated rings. The van der Waals surface area contributed by atoms with E-state index in [1.165, 1.54) is 41.2 Å². The second-order valence-corrected chi connectivity index (χ2v) is 6.40. The van der Waals surface area contributed by atoms with Crippen LogP contribution in [0.1, 0.15) is 5.56 Å². The van der Waals surface area contributed by atoms with Crippen LogP contribution in [0.4, 0.5) is 4.39 Å². The number of rotatable bonds is 6. The maximum atomic E-state index is 13.0. The van der Waals surface area contributed by atoms with Crippen molar-refractivity contribution >= 4 is 17.7 Å². The molecule has 132 valence electrons. The predicted molar refractivity (Wildman–Crippen MR) is 98.8 cm³/mol. The van der Waals surface area contributed by atoms with Crippen LogP contribution in [0, 0.1) is 5.82 Å². The normalized spacial score (nSPS) is 10.5. The quantitative estimate of drug-likeness (QED) is 0.679. The van der Waals surface area contributed by atoms with Crippen LogP contribution in [-0.4, -0.2) is 21.2 Å². The highest BCUT2D eigenvalue weighted by atomic mass is 32.2. The average molecular weight is 369 g/mol. The topological polar surface area (TPSA) is 64.0 Å². The first-order chi connectivity index (χ1) is 12.6. The van der Waals surface area contributed by atoms with Gasteiger partial charge in [0.1, 0.15) is 5.82 Å². The van der Waals surface area contributed by atoms with Gasteiger partial charge in [-0.05, 0) is 29.8 Å². The number of nitrogens with one attached hydrogen (secondary N) is 1. The monoisotopic (exact) mass is 369 g/mol. The van der Waals surface area contributed by atoms with Crippen molar-refractivity contribution in [3.05, 3.63) is 88.7 Å². The standard InChI is InChI=1S/C19H16FN3O2S/c20-15-6-8-16(9-7-15)23-11-10-21-18(19(23)25)26-13-17(24)22-12-14-4-2-1-3-5-14/h1-11H,12-13H2,(H,22,24).